The first-order valence-corrected chi connectivity index (χ1v) is 10.5. The number of aliphatic hydroxyl groups is 1. The number of likely N-dealkylation sites (N-methyl/N-ethyl adjacent to an activating group) is 1. The van der Waals surface area contributed by atoms with E-state index in [-0.39, 0.29) is 19.3 Å². The fourth-order valence-electron chi connectivity index (χ4n) is 3.43. The molecule has 3 atom stereocenters. The number of aliphatic imine (C=N–C) groups is 1. The van der Waals surface area contributed by atoms with E-state index in [0.29, 0.717) is 5.96 Å². The fourth-order valence-corrected chi connectivity index (χ4v) is 3.43. The summed E-state index contributed by atoms with van der Waals surface area (Å²) < 4.78 is 5.48. The van der Waals surface area contributed by atoms with Crippen molar-refractivity contribution in [2.45, 2.75) is 38.3 Å². The number of fused-ring (bicyclic) bond motifs is 1. The highest BCUT2D eigenvalue weighted by atomic mass is 16.5. The van der Waals surface area contributed by atoms with Crippen molar-refractivity contribution in [2.24, 2.45) is 10.1 Å². The Labute approximate surface area is 187 Å². The maximum Gasteiger partial charge on any atom is 0.325 e. The SMILES string of the molecule is CC(C)OCC(O)CN1C(N/N=C/c2ccc(N(C)C)cc2)=NC2C1C(=O)NC(=O)N2C. The molecule has 11 nitrogen and oxygen atoms in total. The molecular weight excluding hydrogens is 414 g/mol. The van der Waals surface area contributed by atoms with Gasteiger partial charge in [-0.25, -0.2) is 15.2 Å². The zero-order valence-corrected chi connectivity index (χ0v) is 19.0. The van der Waals surface area contributed by atoms with Gasteiger partial charge in [-0.3, -0.25) is 10.1 Å². The van der Waals surface area contributed by atoms with Gasteiger partial charge in [0.1, 0.15) is 0 Å². The predicted molar refractivity (Wildman–Crippen MR) is 122 cm³/mol. The van der Waals surface area contributed by atoms with Gasteiger partial charge in [0, 0.05) is 26.8 Å². The molecule has 11 heteroatoms. The minimum Gasteiger partial charge on any atom is -0.389 e. The molecular formula is C21H31N7O4. The molecule has 2 heterocycles. The Kier molecular flexibility index (Phi) is 7.31. The first-order chi connectivity index (χ1) is 15.2. The van der Waals surface area contributed by atoms with Crippen LogP contribution in [-0.2, 0) is 9.53 Å². The summed E-state index contributed by atoms with van der Waals surface area (Å²) in [6.45, 7) is 3.95. The van der Waals surface area contributed by atoms with Crippen LogP contribution in [0.5, 0.6) is 0 Å². The molecule has 0 bridgehead atoms. The van der Waals surface area contributed by atoms with Gasteiger partial charge >= 0.3 is 6.03 Å². The van der Waals surface area contributed by atoms with Crippen molar-refractivity contribution < 1.29 is 19.4 Å². The minimum absolute atomic E-state index is 0.0348. The van der Waals surface area contributed by atoms with E-state index in [1.165, 1.54) is 4.90 Å². The van der Waals surface area contributed by atoms with Crippen molar-refractivity contribution in [2.75, 3.05) is 39.2 Å². The topological polar surface area (TPSA) is 122 Å². The summed E-state index contributed by atoms with van der Waals surface area (Å²) in [5.41, 5.74) is 4.81. The van der Waals surface area contributed by atoms with Crippen LogP contribution in [0.25, 0.3) is 0 Å². The number of anilines is 1. The van der Waals surface area contributed by atoms with E-state index in [4.69, 9.17) is 4.74 Å². The summed E-state index contributed by atoms with van der Waals surface area (Å²) in [7, 11) is 5.50. The molecule has 3 unspecified atom stereocenters. The highest BCUT2D eigenvalue weighted by molar-refractivity contribution is 6.03. The average Bonchev–Trinajstić information content (AvgIpc) is 3.09. The Hall–Kier alpha value is -3.18. The Bertz CT molecular complexity index is 885. The first-order valence-electron chi connectivity index (χ1n) is 10.5. The zero-order valence-electron chi connectivity index (χ0n) is 19.0. The summed E-state index contributed by atoms with van der Waals surface area (Å²) in [6.07, 6.45) is 0.0236. The van der Waals surface area contributed by atoms with Gasteiger partial charge in [0.05, 0.1) is 31.6 Å². The number of imide groups is 1. The second-order valence-electron chi connectivity index (χ2n) is 8.26. The lowest BCUT2D eigenvalue weighted by Crippen LogP contribution is -2.64. The second kappa shape index (κ2) is 9.96. The highest BCUT2D eigenvalue weighted by Gasteiger charge is 2.49. The van der Waals surface area contributed by atoms with E-state index in [1.807, 2.05) is 57.1 Å². The van der Waals surface area contributed by atoms with Crippen LogP contribution >= 0.6 is 0 Å². The first kappa shape index (κ1) is 23.5. The molecule has 32 heavy (non-hydrogen) atoms. The largest absolute Gasteiger partial charge is 0.389 e. The third-order valence-corrected chi connectivity index (χ3v) is 5.18. The van der Waals surface area contributed by atoms with Crippen LogP contribution in [0.15, 0.2) is 34.4 Å². The molecule has 2 aliphatic rings. The van der Waals surface area contributed by atoms with Crippen molar-refractivity contribution in [1.82, 2.24) is 20.5 Å². The number of hydrogen-bond donors (Lipinski definition) is 3. The van der Waals surface area contributed by atoms with Gasteiger partial charge in [0.25, 0.3) is 5.91 Å². The van der Waals surface area contributed by atoms with Gasteiger partial charge in [-0.1, -0.05) is 12.1 Å². The molecule has 174 valence electrons. The monoisotopic (exact) mass is 445 g/mol. The van der Waals surface area contributed by atoms with Gasteiger partial charge < -0.3 is 24.5 Å². The van der Waals surface area contributed by atoms with E-state index < -0.39 is 30.2 Å². The van der Waals surface area contributed by atoms with Crippen LogP contribution in [0.4, 0.5) is 10.5 Å². The lowest BCUT2D eigenvalue weighted by molar-refractivity contribution is -0.127. The lowest BCUT2D eigenvalue weighted by Gasteiger charge is -2.36. The van der Waals surface area contributed by atoms with Crippen molar-refractivity contribution in [3.63, 3.8) is 0 Å². The molecule has 0 aromatic heterocycles. The number of urea groups is 1. The number of β-amino-alcohol motifs (C(OH)–C–C–N with tert-alkyl or cyclic N) is 1. The molecule has 3 amide bonds. The summed E-state index contributed by atoms with van der Waals surface area (Å²) in [6, 6.07) is 6.53. The standard InChI is InChI=1S/C21H31N7O4/c1-13(2)32-12-16(29)11-28-17-18(27(5)21(31)24-19(17)30)23-20(28)25-22-10-14-6-8-15(9-7-14)26(3)4/h6-10,13,16-18,29H,11-12H2,1-5H3,(H,23,25)(H,24,30,31)/b22-10+. The normalized spacial score (nSPS) is 21.7. The maximum atomic E-state index is 12.6. The van der Waals surface area contributed by atoms with E-state index >= 15 is 0 Å². The molecule has 0 saturated carbocycles. The number of hydrogen-bond acceptors (Lipinski definition) is 9. The van der Waals surface area contributed by atoms with Crippen LogP contribution in [0.1, 0.15) is 19.4 Å². The number of aliphatic hydroxyl groups excluding tert-OH is 1. The molecule has 1 fully saturated rings. The lowest BCUT2D eigenvalue weighted by atomic mass is 10.1. The maximum absolute atomic E-state index is 12.6. The van der Waals surface area contributed by atoms with E-state index in [2.05, 4.69) is 20.8 Å². The van der Waals surface area contributed by atoms with Crippen LogP contribution in [0.2, 0.25) is 0 Å². The fraction of sp³-hybridized carbons (Fsp3) is 0.524. The van der Waals surface area contributed by atoms with Crippen LogP contribution < -0.4 is 15.6 Å². The number of carbonyl (C=O) groups is 2. The van der Waals surface area contributed by atoms with E-state index in [0.717, 1.165) is 11.3 Å². The van der Waals surface area contributed by atoms with Crippen molar-refractivity contribution in [1.29, 1.82) is 0 Å². The zero-order chi connectivity index (χ0) is 23.4. The molecule has 3 rings (SSSR count). The Balaban J connectivity index is 1.75. The molecule has 2 aliphatic heterocycles. The number of benzene rings is 1. The number of hydrazone groups is 1. The number of amides is 3. The Morgan fingerprint density at radius 3 is 2.62 bits per heavy atom. The van der Waals surface area contributed by atoms with E-state index in [1.54, 1.807) is 18.2 Å². The van der Waals surface area contributed by atoms with Crippen LogP contribution in [0, 0.1) is 0 Å². The average molecular weight is 446 g/mol. The summed E-state index contributed by atoms with van der Waals surface area (Å²) in [5.74, 6) is -0.180. The van der Waals surface area contributed by atoms with Crippen LogP contribution in [-0.4, -0.2) is 97.7 Å². The number of ether oxygens (including phenoxy) is 1. The Morgan fingerprint density at radius 1 is 1.31 bits per heavy atom. The van der Waals surface area contributed by atoms with Gasteiger partial charge in [-0.05, 0) is 31.5 Å². The molecule has 0 aliphatic carbocycles. The van der Waals surface area contributed by atoms with E-state index in [9.17, 15) is 14.7 Å². The molecule has 0 radical (unpaired) electrons. The van der Waals surface area contributed by atoms with Gasteiger partial charge in [0.15, 0.2) is 12.2 Å². The number of nitrogens with zero attached hydrogens (tertiary/aromatic N) is 5. The minimum atomic E-state index is -0.860. The number of carbonyl (C=O) groups excluding carboxylic acids is 2. The number of guanidine groups is 1. The smallest absolute Gasteiger partial charge is 0.325 e. The third-order valence-electron chi connectivity index (χ3n) is 5.18. The molecule has 1 aromatic carbocycles. The van der Waals surface area contributed by atoms with Crippen molar-refractivity contribution in [3.05, 3.63) is 29.8 Å². The van der Waals surface area contributed by atoms with Gasteiger partial charge in [-0.15, -0.1) is 0 Å². The van der Waals surface area contributed by atoms with Gasteiger partial charge in [-0.2, -0.15) is 5.10 Å². The summed E-state index contributed by atoms with van der Waals surface area (Å²) in [4.78, 5) is 34.0. The Morgan fingerprint density at radius 2 is 2.00 bits per heavy atom. The van der Waals surface area contributed by atoms with Crippen molar-refractivity contribution >= 4 is 29.8 Å². The third kappa shape index (κ3) is 5.35. The van der Waals surface area contributed by atoms with Gasteiger partial charge in [0.2, 0.25) is 5.96 Å². The molecule has 1 aromatic rings. The number of nitrogens with one attached hydrogen (secondary N) is 2. The van der Waals surface area contributed by atoms with Crippen LogP contribution in [0.3, 0.4) is 0 Å². The number of rotatable bonds is 8. The second-order valence-corrected chi connectivity index (χ2v) is 8.26. The molecule has 0 spiro atoms. The predicted octanol–water partition coefficient (Wildman–Crippen LogP) is 0.00990. The summed E-state index contributed by atoms with van der Waals surface area (Å²) >= 11 is 0. The highest BCUT2D eigenvalue weighted by Crippen LogP contribution is 2.23. The van der Waals surface area contributed by atoms with Crippen molar-refractivity contribution in [3.8, 4) is 0 Å². The molecule has 3 N–H and O–H groups in total. The molecule has 1 saturated heterocycles. The summed E-state index contributed by atoms with van der Waals surface area (Å²) in [5, 5.41) is 17.0. The quantitative estimate of drug-likeness (QED) is 0.381.